The predicted molar refractivity (Wildman–Crippen MR) is 121 cm³/mol. The van der Waals surface area contributed by atoms with Gasteiger partial charge in [-0.2, -0.15) is 0 Å². The van der Waals surface area contributed by atoms with Crippen LogP contribution in [0.25, 0.3) is 0 Å². The first-order valence-corrected chi connectivity index (χ1v) is 10.1. The molecular weight excluding hydrogens is 390 g/mol. The van der Waals surface area contributed by atoms with Crippen molar-refractivity contribution < 1.29 is 14.3 Å². The van der Waals surface area contributed by atoms with E-state index in [9.17, 15) is 9.59 Å². The average molecular weight is 418 g/mol. The zero-order valence-electron chi connectivity index (χ0n) is 17.7. The van der Waals surface area contributed by atoms with Gasteiger partial charge in [0, 0.05) is 23.7 Å². The van der Waals surface area contributed by atoms with Crippen LogP contribution in [-0.4, -0.2) is 43.4 Å². The third kappa shape index (κ3) is 6.42. The summed E-state index contributed by atoms with van der Waals surface area (Å²) in [7, 11) is 4.03. The van der Waals surface area contributed by atoms with E-state index in [1.807, 2.05) is 32.3 Å². The van der Waals surface area contributed by atoms with Gasteiger partial charge in [-0.3, -0.25) is 9.59 Å². The summed E-state index contributed by atoms with van der Waals surface area (Å²) < 4.78 is 5.75. The van der Waals surface area contributed by atoms with Crippen molar-refractivity contribution in [2.24, 2.45) is 5.73 Å². The van der Waals surface area contributed by atoms with Crippen LogP contribution < -0.4 is 15.8 Å². The van der Waals surface area contributed by atoms with E-state index in [0.29, 0.717) is 29.2 Å². The molecule has 6 heteroatoms. The smallest absolute Gasteiger partial charge is 0.251 e. The third-order valence-electron chi connectivity index (χ3n) is 5.03. The number of carbonyl (C=O) groups excluding carboxylic acids is 2. The predicted octanol–water partition coefficient (Wildman–Crippen LogP) is 3.48. The maximum absolute atomic E-state index is 12.6. The average Bonchev–Trinajstić information content (AvgIpc) is 2.78. The van der Waals surface area contributed by atoms with E-state index in [0.717, 1.165) is 6.42 Å². The molecule has 0 aliphatic carbocycles. The molecule has 0 heterocycles. The molecule has 6 nitrogen and oxygen atoms in total. The third-order valence-corrected chi connectivity index (χ3v) is 5.03. The summed E-state index contributed by atoms with van der Waals surface area (Å²) in [6.07, 6.45) is 0.857. The molecule has 3 rings (SSSR count). The number of hydrogen-bond donors (Lipinski definition) is 2. The van der Waals surface area contributed by atoms with Crippen LogP contribution >= 0.6 is 0 Å². The summed E-state index contributed by atoms with van der Waals surface area (Å²) in [4.78, 5) is 25.8. The monoisotopic (exact) mass is 417 g/mol. The highest BCUT2D eigenvalue weighted by molar-refractivity contribution is 5.94. The zero-order chi connectivity index (χ0) is 22.2. The van der Waals surface area contributed by atoms with Crippen LogP contribution in [0.1, 0.15) is 26.3 Å². The Kier molecular flexibility index (Phi) is 7.40. The highest BCUT2D eigenvalue weighted by Crippen LogP contribution is 2.22. The molecule has 0 saturated carbocycles. The number of nitrogens with zero attached hydrogens (tertiary/aromatic N) is 1. The standard InChI is InChI=1S/C25H27N3O3/c1-28(2)21(16-18-6-4-3-5-7-18)17-27-25(30)20-10-14-23(15-11-20)31-22-12-8-19(9-13-22)24(26)29/h3-15,21H,16-17H2,1-2H3,(H2,26,29)(H,27,30). The number of amides is 2. The first-order valence-electron chi connectivity index (χ1n) is 10.1. The second-order valence-corrected chi connectivity index (χ2v) is 7.53. The van der Waals surface area contributed by atoms with Crippen LogP contribution in [-0.2, 0) is 6.42 Å². The number of nitrogens with one attached hydrogen (secondary N) is 1. The lowest BCUT2D eigenvalue weighted by Gasteiger charge is -2.24. The van der Waals surface area contributed by atoms with E-state index in [4.69, 9.17) is 10.5 Å². The summed E-state index contributed by atoms with van der Waals surface area (Å²) in [6, 6.07) is 23.9. The van der Waals surface area contributed by atoms with Gasteiger partial charge in [0.05, 0.1) is 0 Å². The van der Waals surface area contributed by atoms with Gasteiger partial charge in [0.25, 0.3) is 5.91 Å². The Morgan fingerprint density at radius 3 is 1.94 bits per heavy atom. The summed E-state index contributed by atoms with van der Waals surface area (Å²) in [6.45, 7) is 0.547. The number of rotatable bonds is 9. The fraction of sp³-hybridized carbons (Fsp3) is 0.200. The molecule has 0 aromatic heterocycles. The van der Waals surface area contributed by atoms with Gasteiger partial charge in [-0.1, -0.05) is 30.3 Å². The van der Waals surface area contributed by atoms with Crippen molar-refractivity contribution in [2.45, 2.75) is 12.5 Å². The molecule has 0 radical (unpaired) electrons. The quantitative estimate of drug-likeness (QED) is 0.558. The van der Waals surface area contributed by atoms with Crippen LogP contribution in [0.4, 0.5) is 0 Å². The minimum absolute atomic E-state index is 0.128. The first kappa shape index (κ1) is 22.1. The van der Waals surface area contributed by atoms with Gasteiger partial charge < -0.3 is 20.7 Å². The SMILES string of the molecule is CN(C)C(CNC(=O)c1ccc(Oc2ccc(C(N)=O)cc2)cc1)Cc1ccccc1. The molecule has 3 aromatic rings. The molecule has 0 saturated heterocycles. The lowest BCUT2D eigenvalue weighted by Crippen LogP contribution is -2.41. The van der Waals surface area contributed by atoms with Crippen molar-refractivity contribution in [3.63, 3.8) is 0 Å². The van der Waals surface area contributed by atoms with Gasteiger partial charge in [-0.15, -0.1) is 0 Å². The minimum atomic E-state index is -0.484. The molecule has 0 spiro atoms. The Morgan fingerprint density at radius 1 is 0.871 bits per heavy atom. The maximum Gasteiger partial charge on any atom is 0.251 e. The van der Waals surface area contributed by atoms with Gasteiger partial charge >= 0.3 is 0 Å². The molecule has 0 aliphatic heterocycles. The Labute approximate surface area is 182 Å². The molecule has 0 bridgehead atoms. The highest BCUT2D eigenvalue weighted by atomic mass is 16.5. The number of primary amides is 1. The maximum atomic E-state index is 12.6. The van der Waals surface area contributed by atoms with E-state index >= 15 is 0 Å². The normalized spacial score (nSPS) is 11.7. The highest BCUT2D eigenvalue weighted by Gasteiger charge is 2.14. The van der Waals surface area contributed by atoms with Crippen molar-refractivity contribution in [3.8, 4) is 11.5 Å². The lowest BCUT2D eigenvalue weighted by molar-refractivity contribution is 0.0940. The summed E-state index contributed by atoms with van der Waals surface area (Å²) in [5, 5.41) is 3.02. The Balaban J connectivity index is 1.56. The molecule has 31 heavy (non-hydrogen) atoms. The van der Waals surface area contributed by atoms with E-state index in [2.05, 4.69) is 22.3 Å². The van der Waals surface area contributed by atoms with Gasteiger partial charge in [-0.25, -0.2) is 0 Å². The van der Waals surface area contributed by atoms with Crippen molar-refractivity contribution in [2.75, 3.05) is 20.6 Å². The van der Waals surface area contributed by atoms with Crippen LogP contribution in [0.15, 0.2) is 78.9 Å². The Bertz CT molecular complexity index is 1000. The number of nitrogens with two attached hydrogens (primary N) is 1. The van der Waals surface area contributed by atoms with E-state index < -0.39 is 5.91 Å². The molecule has 0 aliphatic rings. The largest absolute Gasteiger partial charge is 0.457 e. The summed E-state index contributed by atoms with van der Waals surface area (Å²) >= 11 is 0. The number of likely N-dealkylation sites (N-methyl/N-ethyl adjacent to an activating group) is 1. The van der Waals surface area contributed by atoms with Crippen molar-refractivity contribution in [1.29, 1.82) is 0 Å². The molecule has 3 aromatic carbocycles. The number of carbonyl (C=O) groups is 2. The Hall–Kier alpha value is -3.64. The van der Waals surface area contributed by atoms with E-state index in [-0.39, 0.29) is 11.9 Å². The van der Waals surface area contributed by atoms with Crippen LogP contribution in [0.2, 0.25) is 0 Å². The molecule has 3 N–H and O–H groups in total. The van der Waals surface area contributed by atoms with E-state index in [1.165, 1.54) is 5.56 Å². The minimum Gasteiger partial charge on any atom is -0.457 e. The number of ether oxygens (including phenoxy) is 1. The summed E-state index contributed by atoms with van der Waals surface area (Å²) in [5.41, 5.74) is 7.46. The fourth-order valence-corrected chi connectivity index (χ4v) is 3.13. The van der Waals surface area contributed by atoms with Gasteiger partial charge in [0.1, 0.15) is 11.5 Å². The lowest BCUT2D eigenvalue weighted by atomic mass is 10.0. The molecule has 1 atom stereocenters. The number of hydrogen-bond acceptors (Lipinski definition) is 4. The van der Waals surface area contributed by atoms with Crippen molar-refractivity contribution >= 4 is 11.8 Å². The van der Waals surface area contributed by atoms with Gasteiger partial charge in [-0.05, 0) is 74.6 Å². The fourth-order valence-electron chi connectivity index (χ4n) is 3.13. The van der Waals surface area contributed by atoms with Crippen LogP contribution in [0, 0.1) is 0 Å². The molecular formula is C25H27N3O3. The summed E-state index contributed by atoms with van der Waals surface area (Å²) in [5.74, 6) is 0.565. The molecule has 2 amide bonds. The topological polar surface area (TPSA) is 84.7 Å². The molecule has 160 valence electrons. The van der Waals surface area contributed by atoms with Gasteiger partial charge in [0.15, 0.2) is 0 Å². The second kappa shape index (κ2) is 10.4. The zero-order valence-corrected chi connectivity index (χ0v) is 17.7. The first-order chi connectivity index (χ1) is 14.9. The Morgan fingerprint density at radius 2 is 1.42 bits per heavy atom. The van der Waals surface area contributed by atoms with Gasteiger partial charge in [0.2, 0.25) is 5.91 Å². The molecule has 1 unspecified atom stereocenters. The van der Waals surface area contributed by atoms with Crippen LogP contribution in [0.3, 0.4) is 0 Å². The van der Waals surface area contributed by atoms with E-state index in [1.54, 1.807) is 48.5 Å². The van der Waals surface area contributed by atoms with Crippen molar-refractivity contribution in [3.05, 3.63) is 95.6 Å². The second-order valence-electron chi connectivity index (χ2n) is 7.53. The van der Waals surface area contributed by atoms with Crippen molar-refractivity contribution in [1.82, 2.24) is 10.2 Å². The molecule has 0 fully saturated rings. The van der Waals surface area contributed by atoms with Crippen LogP contribution in [0.5, 0.6) is 11.5 Å². The number of benzene rings is 3.